The predicted octanol–water partition coefficient (Wildman–Crippen LogP) is 2.40. The molecule has 0 unspecified atom stereocenters. The van der Waals surface area contributed by atoms with E-state index in [0.29, 0.717) is 11.8 Å². The number of carbonyl (C=O) groups excluding carboxylic acids is 3. The molecule has 3 rings (SSSR count). The quantitative estimate of drug-likeness (QED) is 0.392. The molecule has 0 aliphatic carbocycles. The minimum atomic E-state index is -0.568. The number of halogens is 1. The number of nitrogens with one attached hydrogen (secondary N) is 1. The van der Waals surface area contributed by atoms with Crippen LogP contribution < -0.4 is 5.32 Å². The lowest BCUT2D eigenvalue weighted by Crippen LogP contribution is -2.38. The fourth-order valence-corrected chi connectivity index (χ4v) is 3.89. The van der Waals surface area contributed by atoms with Crippen LogP contribution in [0.2, 0.25) is 0 Å². The molecule has 0 atom stereocenters. The van der Waals surface area contributed by atoms with Gasteiger partial charge in [-0.15, -0.1) is 0 Å². The molecule has 0 bridgehead atoms. The molecule has 2 aromatic rings. The molecule has 1 saturated heterocycles. The van der Waals surface area contributed by atoms with Crippen molar-refractivity contribution >= 4 is 40.6 Å². The molecule has 10 nitrogen and oxygen atoms in total. The maximum atomic E-state index is 13.8. The molecular formula is C19H18FN5O5S. The number of aromatic nitrogens is 2. The number of carbonyl (C=O) groups is 3. The topological polar surface area (TPSA) is 127 Å². The summed E-state index contributed by atoms with van der Waals surface area (Å²) in [6.45, 7) is 2.66. The summed E-state index contributed by atoms with van der Waals surface area (Å²) in [6.07, 6.45) is 1.31. The molecule has 0 radical (unpaired) electrons. The first kappa shape index (κ1) is 22.2. The number of amides is 3. The molecule has 2 heterocycles. The molecule has 1 aromatic carbocycles. The minimum absolute atomic E-state index is 0.00869. The number of hydrogen-bond acceptors (Lipinski definition) is 7. The van der Waals surface area contributed by atoms with Crippen LogP contribution in [0, 0.1) is 29.8 Å². The largest absolute Gasteiger partial charge is 0.353 e. The minimum Gasteiger partial charge on any atom is -0.353 e. The lowest BCUT2D eigenvalue weighted by atomic mass is 10.2. The second kappa shape index (κ2) is 9.08. The molecule has 162 valence electrons. The summed E-state index contributed by atoms with van der Waals surface area (Å²) in [6, 6.07) is 5.88. The molecule has 1 aliphatic heterocycles. The first-order valence-electron chi connectivity index (χ1n) is 9.14. The van der Waals surface area contributed by atoms with Crippen LogP contribution in [0.1, 0.15) is 17.0 Å². The van der Waals surface area contributed by atoms with Crippen LogP contribution in [0.4, 0.5) is 14.9 Å². The molecule has 12 heteroatoms. The van der Waals surface area contributed by atoms with Crippen molar-refractivity contribution in [2.45, 2.75) is 20.4 Å². The van der Waals surface area contributed by atoms with E-state index in [2.05, 4.69) is 10.4 Å². The third kappa shape index (κ3) is 4.79. The first-order chi connectivity index (χ1) is 14.7. The average molecular weight is 447 g/mol. The van der Waals surface area contributed by atoms with E-state index in [0.717, 1.165) is 4.90 Å². The second-order valence-corrected chi connectivity index (χ2v) is 7.63. The third-order valence-electron chi connectivity index (χ3n) is 4.54. The van der Waals surface area contributed by atoms with Crippen molar-refractivity contribution in [3.8, 4) is 0 Å². The van der Waals surface area contributed by atoms with Gasteiger partial charge in [-0.2, -0.15) is 5.10 Å². The van der Waals surface area contributed by atoms with Gasteiger partial charge < -0.3 is 5.32 Å². The van der Waals surface area contributed by atoms with Crippen molar-refractivity contribution in [3.05, 3.63) is 62.1 Å². The van der Waals surface area contributed by atoms with Crippen LogP contribution in [0.3, 0.4) is 0 Å². The highest BCUT2D eigenvalue weighted by molar-refractivity contribution is 8.18. The van der Waals surface area contributed by atoms with Gasteiger partial charge in [0.15, 0.2) is 0 Å². The van der Waals surface area contributed by atoms with Crippen molar-refractivity contribution in [2.75, 3.05) is 13.1 Å². The van der Waals surface area contributed by atoms with E-state index in [1.165, 1.54) is 42.8 Å². The average Bonchev–Trinajstić information content (AvgIpc) is 3.12. The van der Waals surface area contributed by atoms with E-state index < -0.39 is 27.8 Å². The zero-order valence-corrected chi connectivity index (χ0v) is 17.4. The van der Waals surface area contributed by atoms with Crippen LogP contribution >= 0.6 is 11.8 Å². The molecule has 1 N–H and O–H groups in total. The number of rotatable bonds is 7. The summed E-state index contributed by atoms with van der Waals surface area (Å²) < 4.78 is 15.0. The Morgan fingerprint density at radius 2 is 2.03 bits per heavy atom. The summed E-state index contributed by atoms with van der Waals surface area (Å²) in [5.41, 5.74) is 0.504. The number of aryl methyl sites for hydroxylation is 1. The summed E-state index contributed by atoms with van der Waals surface area (Å²) in [7, 11) is 0. The van der Waals surface area contributed by atoms with Gasteiger partial charge in [0.25, 0.3) is 11.1 Å². The SMILES string of the molecule is Cc1nn(CC(=O)NCCN2C(=O)S/C(=C\c3ccccc3F)C2=O)c(C)c1[N+](=O)[O-]. The van der Waals surface area contributed by atoms with E-state index >= 15 is 0 Å². The number of thioether (sulfide) groups is 1. The fraction of sp³-hybridized carbons (Fsp3) is 0.263. The van der Waals surface area contributed by atoms with Crippen LogP contribution in [0.25, 0.3) is 6.08 Å². The smallest absolute Gasteiger partial charge is 0.312 e. The predicted molar refractivity (Wildman–Crippen MR) is 110 cm³/mol. The standard InChI is InChI=1S/C19H18FN5O5S/c1-11-17(25(29)30)12(2)24(22-11)10-16(26)21-7-8-23-18(27)15(31-19(23)28)9-13-5-3-4-6-14(13)20/h3-6,9H,7-8,10H2,1-2H3,(H,21,26)/b15-9-. The molecule has 1 aromatic heterocycles. The van der Waals surface area contributed by atoms with Gasteiger partial charge in [-0.05, 0) is 37.8 Å². The van der Waals surface area contributed by atoms with Crippen molar-refractivity contribution in [1.29, 1.82) is 0 Å². The van der Waals surface area contributed by atoms with Crippen LogP contribution in [-0.2, 0) is 16.1 Å². The molecule has 0 saturated carbocycles. The Morgan fingerprint density at radius 3 is 2.68 bits per heavy atom. The lowest BCUT2D eigenvalue weighted by molar-refractivity contribution is -0.386. The summed E-state index contributed by atoms with van der Waals surface area (Å²) in [5, 5.41) is 17.1. The summed E-state index contributed by atoms with van der Waals surface area (Å²) in [5.74, 6) is -1.55. The van der Waals surface area contributed by atoms with E-state index in [1.54, 1.807) is 6.07 Å². The Morgan fingerprint density at radius 1 is 1.32 bits per heavy atom. The Bertz CT molecular complexity index is 1110. The maximum absolute atomic E-state index is 13.8. The lowest BCUT2D eigenvalue weighted by Gasteiger charge is -2.13. The number of benzene rings is 1. The van der Waals surface area contributed by atoms with Gasteiger partial charge in [0, 0.05) is 18.7 Å². The Labute approximate surface area is 180 Å². The van der Waals surface area contributed by atoms with Crippen molar-refractivity contribution in [1.82, 2.24) is 20.0 Å². The van der Waals surface area contributed by atoms with Gasteiger partial charge in [-0.25, -0.2) is 4.39 Å². The molecule has 1 fully saturated rings. The van der Waals surface area contributed by atoms with Crippen LogP contribution in [0.15, 0.2) is 29.2 Å². The van der Waals surface area contributed by atoms with Gasteiger partial charge in [-0.3, -0.25) is 34.1 Å². The van der Waals surface area contributed by atoms with Gasteiger partial charge >= 0.3 is 5.69 Å². The van der Waals surface area contributed by atoms with Crippen LogP contribution in [-0.4, -0.2) is 49.7 Å². The molecule has 1 aliphatic rings. The normalized spacial score (nSPS) is 15.1. The maximum Gasteiger partial charge on any atom is 0.312 e. The van der Waals surface area contributed by atoms with Gasteiger partial charge in [0.2, 0.25) is 5.91 Å². The first-order valence-corrected chi connectivity index (χ1v) is 9.95. The van der Waals surface area contributed by atoms with Gasteiger partial charge in [-0.1, -0.05) is 18.2 Å². The third-order valence-corrected chi connectivity index (χ3v) is 5.45. The highest BCUT2D eigenvalue weighted by Gasteiger charge is 2.34. The zero-order valence-electron chi connectivity index (χ0n) is 16.6. The van der Waals surface area contributed by atoms with E-state index in [9.17, 15) is 28.9 Å². The fourth-order valence-electron chi connectivity index (χ4n) is 3.03. The van der Waals surface area contributed by atoms with Crippen LogP contribution in [0.5, 0.6) is 0 Å². The van der Waals surface area contributed by atoms with Crippen molar-refractivity contribution in [2.24, 2.45) is 0 Å². The Hall–Kier alpha value is -3.54. The number of hydrogen-bond donors (Lipinski definition) is 1. The highest BCUT2D eigenvalue weighted by Crippen LogP contribution is 2.32. The summed E-state index contributed by atoms with van der Waals surface area (Å²) >= 11 is 0.697. The number of nitro groups is 1. The van der Waals surface area contributed by atoms with Crippen molar-refractivity contribution < 1.29 is 23.7 Å². The molecular weight excluding hydrogens is 429 g/mol. The molecule has 31 heavy (non-hydrogen) atoms. The van der Waals surface area contributed by atoms with Crippen molar-refractivity contribution in [3.63, 3.8) is 0 Å². The Balaban J connectivity index is 1.57. The Kier molecular flexibility index (Phi) is 6.49. The van der Waals surface area contributed by atoms with Gasteiger partial charge in [0.1, 0.15) is 23.7 Å². The zero-order chi connectivity index (χ0) is 22.7. The highest BCUT2D eigenvalue weighted by atomic mass is 32.2. The second-order valence-electron chi connectivity index (χ2n) is 6.64. The van der Waals surface area contributed by atoms with E-state index in [-0.39, 0.29) is 47.2 Å². The van der Waals surface area contributed by atoms with E-state index in [4.69, 9.17) is 0 Å². The summed E-state index contributed by atoms with van der Waals surface area (Å²) in [4.78, 5) is 48.3. The molecule has 0 spiro atoms. The van der Waals surface area contributed by atoms with E-state index in [1.807, 2.05) is 0 Å². The number of nitrogens with zero attached hydrogens (tertiary/aromatic N) is 4. The number of imide groups is 1. The van der Waals surface area contributed by atoms with Gasteiger partial charge in [0.05, 0.1) is 9.83 Å². The monoisotopic (exact) mass is 447 g/mol. The molecule has 3 amide bonds.